The van der Waals surface area contributed by atoms with E-state index in [2.05, 4.69) is 57.2 Å². The van der Waals surface area contributed by atoms with Crippen LogP contribution in [-0.4, -0.2) is 51.2 Å². The van der Waals surface area contributed by atoms with Gasteiger partial charge in [-0.2, -0.15) is 12.6 Å². The minimum Gasteiger partial charge on any atom is -0.353 e. The van der Waals surface area contributed by atoms with Gasteiger partial charge in [0.1, 0.15) is 11.5 Å². The van der Waals surface area contributed by atoms with E-state index in [1.54, 1.807) is 29.1 Å². The molecule has 6 nitrogen and oxygen atoms in total. The van der Waals surface area contributed by atoms with Gasteiger partial charge in [0.2, 0.25) is 0 Å². The molecule has 0 saturated heterocycles. The molecule has 3 rings (SSSR count). The minimum absolute atomic E-state index is 0.284. The summed E-state index contributed by atoms with van der Waals surface area (Å²) in [6.45, 7) is 11.5. The topological polar surface area (TPSA) is 58.1 Å². The lowest BCUT2D eigenvalue weighted by atomic mass is 10.1. The van der Waals surface area contributed by atoms with Crippen molar-refractivity contribution in [2.24, 2.45) is 9.98 Å². The number of hydrogen-bond donors (Lipinski definition) is 1. The molecule has 30 heavy (non-hydrogen) atoms. The van der Waals surface area contributed by atoms with E-state index in [-0.39, 0.29) is 5.69 Å². The molecule has 0 N–H and O–H groups in total. The number of aromatic nitrogens is 3. The van der Waals surface area contributed by atoms with Crippen LogP contribution in [0.4, 0.5) is 8.78 Å². The van der Waals surface area contributed by atoms with Gasteiger partial charge in [0.15, 0.2) is 5.65 Å². The molecule has 0 unspecified atom stereocenters. The lowest BCUT2D eigenvalue weighted by Gasteiger charge is -2.27. The molecule has 2 aromatic rings. The Kier molecular flexibility index (Phi) is 11.6. The van der Waals surface area contributed by atoms with Gasteiger partial charge in [-0.3, -0.25) is 14.4 Å². The molecule has 0 spiro atoms. The molecule has 9 heteroatoms. The van der Waals surface area contributed by atoms with Gasteiger partial charge in [0.25, 0.3) is 6.43 Å². The van der Waals surface area contributed by atoms with Crippen LogP contribution in [0.3, 0.4) is 0 Å². The third kappa shape index (κ3) is 7.05. The molecule has 1 aliphatic heterocycles. The summed E-state index contributed by atoms with van der Waals surface area (Å²) in [6.07, 6.45) is 9.90. The van der Waals surface area contributed by atoms with E-state index in [0.717, 1.165) is 25.3 Å². The molecule has 0 aromatic carbocycles. The zero-order valence-electron chi connectivity index (χ0n) is 18.0. The highest BCUT2D eigenvalue weighted by Crippen LogP contribution is 2.18. The van der Waals surface area contributed by atoms with Crippen LogP contribution in [-0.2, 0) is 6.54 Å². The van der Waals surface area contributed by atoms with Crippen LogP contribution in [0.15, 0.2) is 52.5 Å². The summed E-state index contributed by atoms with van der Waals surface area (Å²) >= 11 is 3.53. The fourth-order valence-corrected chi connectivity index (χ4v) is 2.70. The maximum Gasteiger partial charge on any atom is 0.281 e. The summed E-state index contributed by atoms with van der Waals surface area (Å²) in [4.78, 5) is 18.5. The van der Waals surface area contributed by atoms with E-state index >= 15 is 0 Å². The Balaban J connectivity index is 0.00000106. The van der Waals surface area contributed by atoms with E-state index in [0.29, 0.717) is 17.9 Å². The number of alkyl halides is 2. The van der Waals surface area contributed by atoms with Gasteiger partial charge in [-0.1, -0.05) is 25.5 Å². The zero-order chi connectivity index (χ0) is 22.5. The second-order valence-electron chi connectivity index (χ2n) is 6.01. The first-order chi connectivity index (χ1) is 14.6. The van der Waals surface area contributed by atoms with Crippen molar-refractivity contribution >= 4 is 30.8 Å². The lowest BCUT2D eigenvalue weighted by Crippen LogP contribution is -2.33. The molecule has 0 radical (unpaired) electrons. The van der Waals surface area contributed by atoms with Crippen LogP contribution in [0.25, 0.3) is 5.65 Å². The molecular weight excluding hydrogens is 406 g/mol. The van der Waals surface area contributed by atoms with Crippen LogP contribution in [0, 0.1) is 0 Å². The highest BCUT2D eigenvalue weighted by molar-refractivity contribution is 7.79. The van der Waals surface area contributed by atoms with Crippen molar-refractivity contribution in [3.8, 4) is 0 Å². The Morgan fingerprint density at radius 2 is 2.03 bits per heavy atom. The molecule has 0 amide bonds. The van der Waals surface area contributed by atoms with Crippen molar-refractivity contribution in [2.45, 2.75) is 40.2 Å². The first kappa shape index (κ1) is 25.5. The third-order valence-electron chi connectivity index (χ3n) is 4.21. The number of amidine groups is 1. The number of thiol groups is 1. The van der Waals surface area contributed by atoms with Gasteiger partial charge in [-0.25, -0.2) is 18.7 Å². The van der Waals surface area contributed by atoms with Crippen LogP contribution in [0.2, 0.25) is 0 Å². The summed E-state index contributed by atoms with van der Waals surface area (Å²) in [7, 11) is 0. The van der Waals surface area contributed by atoms with Gasteiger partial charge >= 0.3 is 0 Å². The molecule has 164 valence electrons. The van der Waals surface area contributed by atoms with E-state index in [1.807, 2.05) is 13.8 Å². The molecule has 0 aliphatic carbocycles. The average Bonchev–Trinajstić information content (AvgIpc) is 3.19. The van der Waals surface area contributed by atoms with Crippen LogP contribution in [0.1, 0.15) is 45.0 Å². The molecule has 3 heterocycles. The Hall–Kier alpha value is -2.55. The Morgan fingerprint density at radius 3 is 2.63 bits per heavy atom. The Bertz CT molecular complexity index is 889. The molecule has 2 aromatic heterocycles. The molecule has 0 atom stereocenters. The highest BCUT2D eigenvalue weighted by Gasteiger charge is 2.14. The fourth-order valence-electron chi connectivity index (χ4n) is 2.70. The first-order valence-corrected chi connectivity index (χ1v) is 10.6. The number of aliphatic imine (C=N–C) groups is 2. The second kappa shape index (κ2) is 13.6. The van der Waals surface area contributed by atoms with Crippen LogP contribution < -0.4 is 0 Å². The highest BCUT2D eigenvalue weighted by atomic mass is 32.1. The lowest BCUT2D eigenvalue weighted by molar-refractivity contribution is 0.145. The minimum atomic E-state index is -2.63. The summed E-state index contributed by atoms with van der Waals surface area (Å²) in [6, 6.07) is 0. The second-order valence-corrected chi connectivity index (χ2v) is 6.01. The quantitative estimate of drug-likeness (QED) is 0.310. The fraction of sp³-hybridized carbons (Fsp3) is 0.429. The van der Waals surface area contributed by atoms with Gasteiger partial charge < -0.3 is 4.90 Å². The molecule has 1 aliphatic rings. The van der Waals surface area contributed by atoms with E-state index in [9.17, 15) is 8.78 Å². The summed E-state index contributed by atoms with van der Waals surface area (Å²) in [5.41, 5.74) is 2.31. The number of rotatable bonds is 5. The summed E-state index contributed by atoms with van der Waals surface area (Å²) in [5, 5.41) is 0. The maximum absolute atomic E-state index is 12.9. The number of halogens is 2. The number of imidazole rings is 1. The summed E-state index contributed by atoms with van der Waals surface area (Å²) < 4.78 is 27.4. The molecular formula is C21H30F2N6S. The van der Waals surface area contributed by atoms with Crippen molar-refractivity contribution in [3.63, 3.8) is 0 Å². The van der Waals surface area contributed by atoms with Gasteiger partial charge in [-0.15, -0.1) is 0 Å². The molecule has 0 fully saturated rings. The van der Waals surface area contributed by atoms with Gasteiger partial charge in [0.05, 0.1) is 24.6 Å². The van der Waals surface area contributed by atoms with Crippen LogP contribution >= 0.6 is 12.6 Å². The molecule has 0 bridgehead atoms. The largest absolute Gasteiger partial charge is 0.353 e. The van der Waals surface area contributed by atoms with E-state index in [4.69, 9.17) is 0 Å². The average molecular weight is 437 g/mol. The Labute approximate surface area is 182 Å². The zero-order valence-corrected chi connectivity index (χ0v) is 18.9. The van der Waals surface area contributed by atoms with Crippen molar-refractivity contribution in [1.29, 1.82) is 0 Å². The van der Waals surface area contributed by atoms with Crippen LogP contribution in [0.5, 0.6) is 0 Å². The predicted octanol–water partition coefficient (Wildman–Crippen LogP) is 5.00. The third-order valence-corrected chi connectivity index (χ3v) is 4.21. The summed E-state index contributed by atoms with van der Waals surface area (Å²) in [5.74, 6) is 0.777. The predicted molar refractivity (Wildman–Crippen MR) is 124 cm³/mol. The SMILES string of the molecule is C=N/C=C\C(=NCc1cnc2cnc(C(F)F)cn12)N1CC=C(C)CC1.CC.CS. The monoisotopic (exact) mass is 436 g/mol. The number of hydrogen-bond acceptors (Lipinski definition) is 5. The number of nitrogens with zero attached hydrogens (tertiary/aromatic N) is 6. The van der Waals surface area contributed by atoms with Crippen molar-refractivity contribution in [2.75, 3.05) is 19.3 Å². The first-order valence-electron chi connectivity index (χ1n) is 9.70. The standard InChI is InChI=1S/C18H20F2N6.C2H6.CH4S/c1-13-4-7-25(8-5-13)16(3-6-21-2)23-9-14-10-24-17-11-22-15(18(19)20)12-26(14)17;2*1-2/h3-4,6,10-12,18H,2,5,7-9H2,1H3;1-2H3;2H,1H3/b6-3-,23-16?;;. The number of fused-ring (bicyclic) bond motifs is 1. The van der Waals surface area contributed by atoms with E-state index < -0.39 is 6.43 Å². The van der Waals surface area contributed by atoms with Gasteiger partial charge in [0, 0.05) is 25.5 Å². The normalized spacial score (nSPS) is 14.2. The Morgan fingerprint density at radius 1 is 1.30 bits per heavy atom. The van der Waals surface area contributed by atoms with Crippen molar-refractivity contribution in [3.05, 3.63) is 53.9 Å². The van der Waals surface area contributed by atoms with Crippen molar-refractivity contribution < 1.29 is 8.78 Å². The van der Waals surface area contributed by atoms with Gasteiger partial charge in [-0.05, 0) is 32.4 Å². The maximum atomic E-state index is 12.9. The van der Waals surface area contributed by atoms with Crippen molar-refractivity contribution in [1.82, 2.24) is 19.3 Å². The molecule has 0 saturated carbocycles. The smallest absolute Gasteiger partial charge is 0.281 e. The van der Waals surface area contributed by atoms with E-state index in [1.165, 1.54) is 18.0 Å².